The van der Waals surface area contributed by atoms with Crippen molar-refractivity contribution in [2.45, 2.75) is 39.0 Å². The van der Waals surface area contributed by atoms with E-state index in [0.29, 0.717) is 0 Å². The van der Waals surface area contributed by atoms with Gasteiger partial charge >= 0.3 is 0 Å². The fraction of sp³-hybridized carbons (Fsp3) is 0.316. The van der Waals surface area contributed by atoms with Crippen molar-refractivity contribution in [3.8, 4) is 0 Å². The normalized spacial score (nSPS) is 10.5. The van der Waals surface area contributed by atoms with Gasteiger partial charge in [0.2, 0.25) is 0 Å². The van der Waals surface area contributed by atoms with Crippen molar-refractivity contribution in [3.05, 3.63) is 48.0 Å². The molecule has 0 aliphatic rings. The highest BCUT2D eigenvalue weighted by atomic mass is 16.1. The number of hydrogen-bond acceptors (Lipinski definition) is 1. The molecule has 0 radical (unpaired) electrons. The van der Waals surface area contributed by atoms with Crippen LogP contribution in [0.1, 0.15) is 38.2 Å². The van der Waals surface area contributed by atoms with Crippen molar-refractivity contribution >= 4 is 28.6 Å². The molecule has 0 fully saturated rings. The van der Waals surface area contributed by atoms with E-state index < -0.39 is 0 Å². The highest BCUT2D eigenvalue weighted by molar-refractivity contribution is 6.08. The average Bonchev–Trinajstić information content (AvgIpc) is 2.93. The van der Waals surface area contributed by atoms with Gasteiger partial charge in [-0.3, -0.25) is 0 Å². The Labute approximate surface area is 126 Å². The van der Waals surface area contributed by atoms with E-state index in [0.717, 1.165) is 0 Å². The summed E-state index contributed by atoms with van der Waals surface area (Å²) in [5.41, 5.74) is 4.04. The molecule has 2 nitrogen and oxygen atoms in total. The zero-order valence-electron chi connectivity index (χ0n) is 12.7. The van der Waals surface area contributed by atoms with Crippen molar-refractivity contribution in [2.75, 3.05) is 0 Å². The molecule has 1 N–H and O–H groups in total. The van der Waals surface area contributed by atoms with E-state index >= 15 is 0 Å². The molecule has 3 aromatic rings. The van der Waals surface area contributed by atoms with Crippen LogP contribution in [0.2, 0.25) is 0 Å². The number of aryl methyl sites for hydroxylation is 1. The Morgan fingerprint density at radius 2 is 1.67 bits per heavy atom. The number of rotatable bonds is 5. The zero-order chi connectivity index (χ0) is 15.1. The number of carbonyl (C=O) groups excluding carboxylic acids is 1. The van der Waals surface area contributed by atoms with Crippen molar-refractivity contribution in [2.24, 2.45) is 0 Å². The Kier molecular flexibility index (Phi) is 5.56. The molecule has 1 heterocycles. The van der Waals surface area contributed by atoms with Crippen LogP contribution in [0.15, 0.2) is 42.5 Å². The third kappa shape index (κ3) is 3.33. The highest BCUT2D eigenvalue weighted by Gasteiger charge is 2.06. The Bertz CT molecular complexity index is 699. The summed E-state index contributed by atoms with van der Waals surface area (Å²) in [6.07, 6.45) is 6.47. The van der Waals surface area contributed by atoms with Gasteiger partial charge < -0.3 is 9.78 Å². The maximum Gasteiger partial charge on any atom is 0.106 e. The summed E-state index contributed by atoms with van der Waals surface area (Å²) in [4.78, 5) is 11.6. The van der Waals surface area contributed by atoms with Gasteiger partial charge in [0.05, 0.1) is 0 Å². The molecule has 0 saturated heterocycles. The van der Waals surface area contributed by atoms with Crippen molar-refractivity contribution in [1.29, 1.82) is 0 Å². The summed E-state index contributed by atoms with van der Waals surface area (Å²) in [7, 11) is 0. The lowest BCUT2D eigenvalue weighted by atomic mass is 10.0. The molecule has 0 aliphatic heterocycles. The van der Waals surface area contributed by atoms with Crippen LogP contribution in [0.3, 0.4) is 0 Å². The van der Waals surface area contributed by atoms with Gasteiger partial charge in [-0.2, -0.15) is 0 Å². The monoisotopic (exact) mass is 281 g/mol. The van der Waals surface area contributed by atoms with Gasteiger partial charge in [0.1, 0.15) is 6.79 Å². The number of aromatic amines is 1. The molecule has 0 atom stereocenters. The van der Waals surface area contributed by atoms with Gasteiger partial charge in [-0.1, -0.05) is 62.6 Å². The van der Waals surface area contributed by atoms with Gasteiger partial charge in [-0.15, -0.1) is 0 Å². The maximum absolute atomic E-state index is 8.00. The van der Waals surface area contributed by atoms with Gasteiger partial charge in [-0.05, 0) is 24.5 Å². The van der Waals surface area contributed by atoms with Crippen LogP contribution < -0.4 is 0 Å². The fourth-order valence-corrected chi connectivity index (χ4v) is 2.88. The first kappa shape index (κ1) is 15.3. The molecular weight excluding hydrogens is 258 g/mol. The van der Waals surface area contributed by atoms with Gasteiger partial charge in [-0.25, -0.2) is 0 Å². The first-order valence-electron chi connectivity index (χ1n) is 7.67. The Hall–Kier alpha value is -2.09. The summed E-state index contributed by atoms with van der Waals surface area (Å²) >= 11 is 0. The second-order valence-corrected chi connectivity index (χ2v) is 5.32. The summed E-state index contributed by atoms with van der Waals surface area (Å²) in [5.74, 6) is 0. The molecule has 0 aliphatic carbocycles. The van der Waals surface area contributed by atoms with Crippen LogP contribution >= 0.6 is 0 Å². The number of para-hydroxylation sites is 2. The number of carbonyl (C=O) groups is 1. The highest BCUT2D eigenvalue weighted by Crippen LogP contribution is 2.28. The Balaban J connectivity index is 0.000000774. The molecule has 0 unspecified atom stereocenters. The number of hydrogen-bond donors (Lipinski definition) is 1. The van der Waals surface area contributed by atoms with Crippen LogP contribution in [0, 0.1) is 0 Å². The van der Waals surface area contributed by atoms with Crippen molar-refractivity contribution < 1.29 is 4.79 Å². The number of nitrogens with one attached hydrogen (secondary N) is 1. The predicted octanol–water partition coefficient (Wildman–Crippen LogP) is 5.26. The standard InChI is InChI=1S/C18H21N.CH2O/c1-2-3-4-5-9-14-10-8-12-16-15-11-6-7-13-17(15)19-18(14)16;1-2/h6-8,10-13,19H,2-5,9H2,1H3;1H2. The minimum Gasteiger partial charge on any atom is -0.354 e. The number of benzene rings is 2. The number of fused-ring (bicyclic) bond motifs is 3. The summed E-state index contributed by atoms with van der Waals surface area (Å²) in [6, 6.07) is 15.3. The Morgan fingerprint density at radius 3 is 2.48 bits per heavy atom. The molecule has 110 valence electrons. The molecule has 1 aromatic heterocycles. The molecule has 2 heteroatoms. The molecule has 0 bridgehead atoms. The topological polar surface area (TPSA) is 32.9 Å². The van der Waals surface area contributed by atoms with Crippen molar-refractivity contribution in [3.63, 3.8) is 0 Å². The molecule has 0 amide bonds. The molecular formula is C19H23NO. The molecule has 3 rings (SSSR count). The minimum atomic E-state index is 1.18. The van der Waals surface area contributed by atoms with Gasteiger partial charge in [0.15, 0.2) is 0 Å². The number of aromatic nitrogens is 1. The van der Waals surface area contributed by atoms with E-state index in [1.807, 2.05) is 6.79 Å². The van der Waals surface area contributed by atoms with Crippen LogP contribution in [0.25, 0.3) is 21.8 Å². The zero-order valence-corrected chi connectivity index (χ0v) is 12.7. The van der Waals surface area contributed by atoms with Gasteiger partial charge in [0.25, 0.3) is 0 Å². The second-order valence-electron chi connectivity index (χ2n) is 5.32. The van der Waals surface area contributed by atoms with E-state index in [2.05, 4.69) is 54.4 Å². The van der Waals surface area contributed by atoms with Crippen LogP contribution in [-0.2, 0) is 11.2 Å². The molecule has 0 saturated carbocycles. The van der Waals surface area contributed by atoms with Gasteiger partial charge in [0, 0.05) is 21.8 Å². The van der Waals surface area contributed by atoms with E-state index in [-0.39, 0.29) is 0 Å². The summed E-state index contributed by atoms with van der Waals surface area (Å²) in [5, 5.41) is 2.71. The van der Waals surface area contributed by atoms with E-state index in [4.69, 9.17) is 4.79 Å². The average molecular weight is 281 g/mol. The van der Waals surface area contributed by atoms with Crippen LogP contribution in [-0.4, -0.2) is 11.8 Å². The van der Waals surface area contributed by atoms with E-state index in [1.165, 1.54) is 59.5 Å². The second kappa shape index (κ2) is 7.63. The molecule has 0 spiro atoms. The number of unbranched alkanes of at least 4 members (excludes halogenated alkanes) is 3. The fourth-order valence-electron chi connectivity index (χ4n) is 2.88. The molecule has 21 heavy (non-hydrogen) atoms. The Morgan fingerprint density at radius 1 is 0.905 bits per heavy atom. The van der Waals surface area contributed by atoms with Crippen LogP contribution in [0.4, 0.5) is 0 Å². The first-order valence-corrected chi connectivity index (χ1v) is 7.67. The largest absolute Gasteiger partial charge is 0.354 e. The first-order chi connectivity index (χ1) is 10.4. The number of H-pyrrole nitrogens is 1. The maximum atomic E-state index is 8.00. The predicted molar refractivity (Wildman–Crippen MR) is 90.8 cm³/mol. The lowest BCUT2D eigenvalue weighted by Gasteiger charge is -2.03. The lowest BCUT2D eigenvalue weighted by molar-refractivity contribution is -0.0979. The van der Waals surface area contributed by atoms with Crippen molar-refractivity contribution in [1.82, 2.24) is 4.98 Å². The summed E-state index contributed by atoms with van der Waals surface area (Å²) in [6.45, 7) is 4.26. The quantitative estimate of drug-likeness (QED) is 0.636. The van der Waals surface area contributed by atoms with E-state index in [9.17, 15) is 0 Å². The molecule has 2 aromatic carbocycles. The SMILES string of the molecule is C=O.CCCCCCc1cccc2c1[nH]c1ccccc12. The van der Waals surface area contributed by atoms with Crippen LogP contribution in [0.5, 0.6) is 0 Å². The smallest absolute Gasteiger partial charge is 0.106 e. The summed E-state index contributed by atoms with van der Waals surface area (Å²) < 4.78 is 0. The third-order valence-corrected chi connectivity index (χ3v) is 3.93. The lowest BCUT2D eigenvalue weighted by Crippen LogP contribution is -1.87. The minimum absolute atomic E-state index is 1.18. The van der Waals surface area contributed by atoms with E-state index in [1.54, 1.807) is 0 Å². The third-order valence-electron chi connectivity index (χ3n) is 3.93.